The summed E-state index contributed by atoms with van der Waals surface area (Å²) in [6.07, 6.45) is 1.93. The Labute approximate surface area is 100 Å². The van der Waals surface area contributed by atoms with Crippen molar-refractivity contribution in [3.05, 3.63) is 47.4 Å². The highest BCUT2D eigenvalue weighted by Crippen LogP contribution is 2.12. The molecule has 0 fully saturated rings. The molecule has 0 bridgehead atoms. The summed E-state index contributed by atoms with van der Waals surface area (Å²) in [7, 11) is 0. The van der Waals surface area contributed by atoms with E-state index in [0.717, 1.165) is 23.5 Å². The van der Waals surface area contributed by atoms with Gasteiger partial charge in [0, 0.05) is 25.4 Å². The Kier molecular flexibility index (Phi) is 3.42. The summed E-state index contributed by atoms with van der Waals surface area (Å²) in [6, 6.07) is 6.76. The number of aryl methyl sites for hydroxylation is 2. The summed E-state index contributed by atoms with van der Waals surface area (Å²) in [5.74, 6) is 0.650. The molecule has 1 aromatic heterocycles. The molecule has 0 aliphatic rings. The number of halogens is 1. The molecule has 4 heteroatoms. The van der Waals surface area contributed by atoms with Crippen LogP contribution in [0.4, 0.5) is 10.2 Å². The van der Waals surface area contributed by atoms with Gasteiger partial charge in [0.25, 0.3) is 0 Å². The normalized spacial score (nSPS) is 10.5. The molecule has 0 radical (unpaired) electrons. The lowest BCUT2D eigenvalue weighted by atomic mass is 10.1. The van der Waals surface area contributed by atoms with Gasteiger partial charge in [-0.1, -0.05) is 6.07 Å². The molecule has 0 amide bonds. The van der Waals surface area contributed by atoms with Crippen LogP contribution in [0.2, 0.25) is 0 Å². The van der Waals surface area contributed by atoms with Gasteiger partial charge in [-0.05, 0) is 37.1 Å². The third-order valence-electron chi connectivity index (χ3n) is 2.73. The molecule has 0 aliphatic carbocycles. The van der Waals surface area contributed by atoms with Crippen LogP contribution >= 0.6 is 0 Å². The minimum Gasteiger partial charge on any atom is -0.365 e. The van der Waals surface area contributed by atoms with Crippen molar-refractivity contribution in [1.82, 2.24) is 9.78 Å². The fraction of sp³-hybridized carbons (Fsp3) is 0.308. The second kappa shape index (κ2) is 4.99. The Morgan fingerprint density at radius 1 is 1.35 bits per heavy atom. The first-order chi connectivity index (χ1) is 8.19. The van der Waals surface area contributed by atoms with Crippen LogP contribution in [0.15, 0.2) is 30.5 Å². The van der Waals surface area contributed by atoms with E-state index in [-0.39, 0.29) is 5.82 Å². The van der Waals surface area contributed by atoms with Crippen LogP contribution in [0.25, 0.3) is 0 Å². The van der Waals surface area contributed by atoms with Crippen LogP contribution in [0, 0.1) is 12.7 Å². The Balaban J connectivity index is 2.02. The lowest BCUT2D eigenvalue weighted by Gasteiger charge is -2.06. The second-order valence-electron chi connectivity index (χ2n) is 3.98. The highest BCUT2D eigenvalue weighted by molar-refractivity contribution is 5.36. The number of hydrogen-bond acceptors (Lipinski definition) is 2. The zero-order valence-electron chi connectivity index (χ0n) is 10.1. The molecule has 0 unspecified atom stereocenters. The molecular weight excluding hydrogens is 217 g/mol. The number of hydrogen-bond donors (Lipinski definition) is 1. The molecule has 0 atom stereocenters. The standard InChI is InChI=1S/C13H16FN3/c1-3-17-7-6-13(16-17)15-9-11-4-5-12(14)8-10(11)2/h4-8H,3,9H2,1-2H3,(H,15,16). The van der Waals surface area contributed by atoms with E-state index in [1.54, 1.807) is 12.1 Å². The average molecular weight is 233 g/mol. The maximum absolute atomic E-state index is 12.9. The minimum absolute atomic E-state index is 0.193. The summed E-state index contributed by atoms with van der Waals surface area (Å²) in [4.78, 5) is 0. The maximum Gasteiger partial charge on any atom is 0.148 e. The smallest absolute Gasteiger partial charge is 0.148 e. The van der Waals surface area contributed by atoms with Crippen LogP contribution in [0.5, 0.6) is 0 Å². The van der Waals surface area contributed by atoms with Gasteiger partial charge in [-0.25, -0.2) is 4.39 Å². The van der Waals surface area contributed by atoms with Gasteiger partial charge < -0.3 is 5.32 Å². The zero-order valence-corrected chi connectivity index (χ0v) is 10.1. The lowest BCUT2D eigenvalue weighted by Crippen LogP contribution is -2.03. The van der Waals surface area contributed by atoms with Crippen molar-refractivity contribution < 1.29 is 4.39 Å². The highest BCUT2D eigenvalue weighted by Gasteiger charge is 2.01. The largest absolute Gasteiger partial charge is 0.365 e. The summed E-state index contributed by atoms with van der Waals surface area (Å²) >= 11 is 0. The molecule has 0 saturated carbocycles. The molecule has 17 heavy (non-hydrogen) atoms. The Morgan fingerprint density at radius 2 is 2.18 bits per heavy atom. The van der Waals surface area contributed by atoms with E-state index in [2.05, 4.69) is 10.4 Å². The van der Waals surface area contributed by atoms with E-state index in [1.165, 1.54) is 6.07 Å². The van der Waals surface area contributed by atoms with Crippen LogP contribution in [0.1, 0.15) is 18.1 Å². The molecule has 2 rings (SSSR count). The van der Waals surface area contributed by atoms with Crippen molar-refractivity contribution in [1.29, 1.82) is 0 Å². The summed E-state index contributed by atoms with van der Waals surface area (Å²) < 4.78 is 14.8. The van der Waals surface area contributed by atoms with Gasteiger partial charge in [-0.3, -0.25) is 4.68 Å². The molecule has 1 N–H and O–H groups in total. The van der Waals surface area contributed by atoms with Gasteiger partial charge in [0.05, 0.1) is 0 Å². The molecule has 1 aromatic carbocycles. The van der Waals surface area contributed by atoms with E-state index >= 15 is 0 Å². The number of nitrogens with zero attached hydrogens (tertiary/aromatic N) is 2. The summed E-state index contributed by atoms with van der Waals surface area (Å²) in [5.41, 5.74) is 2.03. The number of nitrogens with one attached hydrogen (secondary N) is 1. The molecule has 1 heterocycles. The SMILES string of the molecule is CCn1ccc(NCc2ccc(F)cc2C)n1. The number of rotatable bonds is 4. The van der Waals surface area contributed by atoms with Gasteiger partial charge in [0.1, 0.15) is 11.6 Å². The second-order valence-corrected chi connectivity index (χ2v) is 3.98. The number of anilines is 1. The average Bonchev–Trinajstić information content (AvgIpc) is 2.76. The van der Waals surface area contributed by atoms with Crippen molar-refractivity contribution in [2.45, 2.75) is 26.9 Å². The third-order valence-corrected chi connectivity index (χ3v) is 2.73. The molecule has 0 spiro atoms. The fourth-order valence-electron chi connectivity index (χ4n) is 1.68. The van der Waals surface area contributed by atoms with E-state index < -0.39 is 0 Å². The topological polar surface area (TPSA) is 29.9 Å². The predicted octanol–water partition coefficient (Wildman–Crippen LogP) is 2.96. The Morgan fingerprint density at radius 3 is 2.82 bits per heavy atom. The van der Waals surface area contributed by atoms with E-state index in [9.17, 15) is 4.39 Å². The minimum atomic E-state index is -0.193. The van der Waals surface area contributed by atoms with Gasteiger partial charge in [0.15, 0.2) is 0 Å². The van der Waals surface area contributed by atoms with Crippen molar-refractivity contribution in [3.63, 3.8) is 0 Å². The Hall–Kier alpha value is -1.84. The van der Waals surface area contributed by atoms with Crippen LogP contribution in [0.3, 0.4) is 0 Å². The first-order valence-corrected chi connectivity index (χ1v) is 5.71. The zero-order chi connectivity index (χ0) is 12.3. The highest BCUT2D eigenvalue weighted by atomic mass is 19.1. The van der Waals surface area contributed by atoms with Crippen LogP contribution in [-0.2, 0) is 13.1 Å². The van der Waals surface area contributed by atoms with Gasteiger partial charge in [-0.2, -0.15) is 5.10 Å². The number of aromatic nitrogens is 2. The Bertz CT molecular complexity index is 505. The van der Waals surface area contributed by atoms with Gasteiger partial charge in [-0.15, -0.1) is 0 Å². The monoisotopic (exact) mass is 233 g/mol. The fourth-order valence-corrected chi connectivity index (χ4v) is 1.68. The maximum atomic E-state index is 12.9. The molecule has 3 nitrogen and oxygen atoms in total. The molecule has 2 aromatic rings. The number of benzene rings is 1. The van der Waals surface area contributed by atoms with E-state index in [1.807, 2.05) is 30.8 Å². The first kappa shape index (κ1) is 11.6. The molecule has 0 aliphatic heterocycles. The summed E-state index contributed by atoms with van der Waals surface area (Å²) in [6.45, 7) is 5.47. The van der Waals surface area contributed by atoms with Crippen molar-refractivity contribution in [3.8, 4) is 0 Å². The molecule has 90 valence electrons. The predicted molar refractivity (Wildman–Crippen MR) is 66.4 cm³/mol. The van der Waals surface area contributed by atoms with Gasteiger partial charge in [0.2, 0.25) is 0 Å². The van der Waals surface area contributed by atoms with E-state index in [0.29, 0.717) is 6.54 Å². The lowest BCUT2D eigenvalue weighted by molar-refractivity contribution is 0.625. The third kappa shape index (κ3) is 2.84. The van der Waals surface area contributed by atoms with E-state index in [4.69, 9.17) is 0 Å². The van der Waals surface area contributed by atoms with Crippen molar-refractivity contribution in [2.24, 2.45) is 0 Å². The van der Waals surface area contributed by atoms with Crippen LogP contribution < -0.4 is 5.32 Å². The van der Waals surface area contributed by atoms with Gasteiger partial charge >= 0.3 is 0 Å². The molecular formula is C13H16FN3. The van der Waals surface area contributed by atoms with Crippen molar-refractivity contribution >= 4 is 5.82 Å². The first-order valence-electron chi connectivity index (χ1n) is 5.71. The van der Waals surface area contributed by atoms with Crippen molar-refractivity contribution in [2.75, 3.05) is 5.32 Å². The summed E-state index contributed by atoms with van der Waals surface area (Å²) in [5, 5.41) is 7.54. The quantitative estimate of drug-likeness (QED) is 0.879. The molecule has 0 saturated heterocycles. The van der Waals surface area contributed by atoms with Crippen LogP contribution in [-0.4, -0.2) is 9.78 Å².